The van der Waals surface area contributed by atoms with Gasteiger partial charge in [-0.3, -0.25) is 19.3 Å². The van der Waals surface area contributed by atoms with Gasteiger partial charge in [0.25, 0.3) is 11.1 Å². The average Bonchev–Trinajstić information content (AvgIpc) is 3.33. The van der Waals surface area contributed by atoms with E-state index in [1.165, 1.54) is 0 Å². The lowest BCUT2D eigenvalue weighted by atomic mass is 10.2. The fourth-order valence-electron chi connectivity index (χ4n) is 4.81. The van der Waals surface area contributed by atoms with E-state index < -0.39 is 11.1 Å². The number of hydrogen-bond acceptors (Lipinski definition) is 5. The number of rotatable bonds is 5. The normalized spacial score (nSPS) is 17.3. The molecule has 0 spiro atoms. The molecular weight excluding hydrogens is 552 g/mol. The van der Waals surface area contributed by atoms with Gasteiger partial charge in [0, 0.05) is 53.4 Å². The summed E-state index contributed by atoms with van der Waals surface area (Å²) in [5.74, 6) is -0.623. The van der Waals surface area contributed by atoms with E-state index in [0.717, 1.165) is 49.5 Å². The van der Waals surface area contributed by atoms with E-state index in [2.05, 4.69) is 37.5 Å². The number of aryl methyl sites for hydroxylation is 1. The van der Waals surface area contributed by atoms with Crippen LogP contribution in [0, 0.1) is 13.8 Å². The van der Waals surface area contributed by atoms with E-state index in [1.807, 2.05) is 62.4 Å². The van der Waals surface area contributed by atoms with Gasteiger partial charge < -0.3 is 14.4 Å². The third-order valence-electron chi connectivity index (χ3n) is 6.74. The fourth-order valence-corrected chi connectivity index (χ4v) is 6.03. The molecule has 0 radical (unpaired) electrons. The van der Waals surface area contributed by atoms with E-state index in [1.54, 1.807) is 11.0 Å². The molecule has 0 N–H and O–H groups in total. The lowest BCUT2D eigenvalue weighted by Crippen LogP contribution is -2.51. The molecule has 2 saturated heterocycles. The van der Waals surface area contributed by atoms with Crippen LogP contribution in [-0.4, -0.2) is 64.1 Å². The Hall–Kier alpha value is -3.30. The lowest BCUT2D eigenvalue weighted by Gasteiger charge is -2.36. The number of hydrogen-bond donors (Lipinski definition) is 0. The molecule has 0 aliphatic carbocycles. The van der Waals surface area contributed by atoms with E-state index in [0.29, 0.717) is 31.1 Å². The van der Waals surface area contributed by atoms with Crippen LogP contribution in [0.1, 0.15) is 17.0 Å². The van der Waals surface area contributed by atoms with Crippen molar-refractivity contribution in [3.8, 4) is 5.69 Å². The Bertz CT molecular complexity index is 1390. The zero-order chi connectivity index (χ0) is 26.1. The minimum Gasteiger partial charge on any atom is -0.368 e. The maximum atomic E-state index is 13.1. The van der Waals surface area contributed by atoms with Gasteiger partial charge in [0.2, 0.25) is 5.91 Å². The van der Waals surface area contributed by atoms with Crippen LogP contribution in [0.2, 0.25) is 0 Å². The van der Waals surface area contributed by atoms with Crippen LogP contribution in [0.25, 0.3) is 11.8 Å². The molecule has 0 unspecified atom stereocenters. The monoisotopic (exact) mass is 578 g/mol. The molecule has 2 aliphatic rings. The van der Waals surface area contributed by atoms with E-state index in [4.69, 9.17) is 0 Å². The Morgan fingerprint density at radius 3 is 2.35 bits per heavy atom. The first-order valence-electron chi connectivity index (χ1n) is 12.1. The zero-order valence-electron chi connectivity index (χ0n) is 20.7. The van der Waals surface area contributed by atoms with Crippen molar-refractivity contribution in [3.63, 3.8) is 0 Å². The number of thioether (sulfide) groups is 1. The fraction of sp³-hybridized carbons (Fsp3) is 0.250. The molecule has 5 rings (SSSR count). The summed E-state index contributed by atoms with van der Waals surface area (Å²) in [5.41, 5.74) is 4.99. The van der Waals surface area contributed by atoms with Crippen molar-refractivity contribution in [2.75, 3.05) is 37.6 Å². The molecule has 2 aromatic carbocycles. The number of halogens is 1. The first kappa shape index (κ1) is 25.4. The molecule has 0 atom stereocenters. The van der Waals surface area contributed by atoms with Crippen LogP contribution in [0.5, 0.6) is 0 Å². The molecule has 7 nitrogen and oxygen atoms in total. The van der Waals surface area contributed by atoms with Crippen molar-refractivity contribution >= 4 is 56.5 Å². The quantitative estimate of drug-likeness (QED) is 0.387. The van der Waals surface area contributed by atoms with Gasteiger partial charge in [0.15, 0.2) is 0 Å². The molecule has 3 heterocycles. The van der Waals surface area contributed by atoms with Gasteiger partial charge in [-0.05, 0) is 73.6 Å². The first-order valence-corrected chi connectivity index (χ1v) is 13.7. The number of para-hydroxylation sites is 1. The van der Waals surface area contributed by atoms with Crippen LogP contribution in [0.3, 0.4) is 0 Å². The summed E-state index contributed by atoms with van der Waals surface area (Å²) < 4.78 is 3.09. The highest BCUT2D eigenvalue weighted by Crippen LogP contribution is 2.34. The summed E-state index contributed by atoms with van der Waals surface area (Å²) in [4.78, 5) is 44.1. The summed E-state index contributed by atoms with van der Waals surface area (Å²) in [5, 5.41) is -0.409. The predicted octanol–water partition coefficient (Wildman–Crippen LogP) is 5.24. The SMILES string of the molecule is Cc1cc(/C=C2/SC(=O)N(CC(=O)N3CCN(c4ccccc4)CC3)C2=O)c(C)n1-c1cccc(Br)c1. The Morgan fingerprint density at radius 2 is 1.65 bits per heavy atom. The summed E-state index contributed by atoms with van der Waals surface area (Å²) in [7, 11) is 0. The van der Waals surface area contributed by atoms with E-state index >= 15 is 0 Å². The van der Waals surface area contributed by atoms with Crippen molar-refractivity contribution in [2.24, 2.45) is 0 Å². The van der Waals surface area contributed by atoms with Gasteiger partial charge in [0.1, 0.15) is 6.54 Å². The molecule has 1 aromatic heterocycles. The molecule has 9 heteroatoms. The van der Waals surface area contributed by atoms with Gasteiger partial charge in [-0.1, -0.05) is 40.2 Å². The molecular formula is C28H27BrN4O3S. The number of amides is 3. The van der Waals surface area contributed by atoms with Crippen LogP contribution in [0.15, 0.2) is 70.0 Å². The number of aromatic nitrogens is 1. The van der Waals surface area contributed by atoms with Crippen molar-refractivity contribution < 1.29 is 14.4 Å². The largest absolute Gasteiger partial charge is 0.368 e. The highest BCUT2D eigenvalue weighted by atomic mass is 79.9. The van der Waals surface area contributed by atoms with Crippen molar-refractivity contribution in [3.05, 3.63) is 87.0 Å². The highest BCUT2D eigenvalue weighted by Gasteiger charge is 2.37. The molecule has 0 bridgehead atoms. The van der Waals surface area contributed by atoms with Crippen LogP contribution >= 0.6 is 27.7 Å². The topological polar surface area (TPSA) is 65.9 Å². The number of carbonyl (C=O) groups is 3. The molecule has 0 saturated carbocycles. The first-order chi connectivity index (χ1) is 17.8. The van der Waals surface area contributed by atoms with Gasteiger partial charge in [-0.2, -0.15) is 0 Å². The zero-order valence-corrected chi connectivity index (χ0v) is 23.1. The molecule has 190 valence electrons. The van der Waals surface area contributed by atoms with Gasteiger partial charge in [0.05, 0.1) is 4.91 Å². The number of piperazine rings is 1. The second kappa shape index (κ2) is 10.6. The van der Waals surface area contributed by atoms with E-state index in [-0.39, 0.29) is 12.5 Å². The number of imide groups is 1. The molecule has 37 heavy (non-hydrogen) atoms. The number of anilines is 1. The minimum atomic E-state index is -0.418. The van der Waals surface area contributed by atoms with Crippen molar-refractivity contribution in [1.82, 2.24) is 14.4 Å². The standard InChI is InChI=1S/C28H27BrN4O3S/c1-19-15-21(20(2)33(19)24-10-6-7-22(29)17-24)16-25-27(35)32(28(36)37-25)18-26(34)31-13-11-30(12-14-31)23-8-4-3-5-9-23/h3-10,15-17H,11-14,18H2,1-2H3/b25-16+. The van der Waals surface area contributed by atoms with Crippen LogP contribution < -0.4 is 4.90 Å². The number of nitrogens with zero attached hydrogens (tertiary/aromatic N) is 4. The second-order valence-electron chi connectivity index (χ2n) is 9.11. The third-order valence-corrected chi connectivity index (χ3v) is 8.14. The molecule has 3 aromatic rings. The van der Waals surface area contributed by atoms with Crippen LogP contribution in [-0.2, 0) is 9.59 Å². The molecule has 2 fully saturated rings. The Balaban J connectivity index is 1.26. The average molecular weight is 580 g/mol. The molecule has 3 amide bonds. The number of carbonyl (C=O) groups excluding carboxylic acids is 3. The Labute approximate surface area is 228 Å². The van der Waals surface area contributed by atoms with Crippen molar-refractivity contribution in [1.29, 1.82) is 0 Å². The van der Waals surface area contributed by atoms with Crippen molar-refractivity contribution in [2.45, 2.75) is 13.8 Å². The second-order valence-corrected chi connectivity index (χ2v) is 11.0. The lowest BCUT2D eigenvalue weighted by molar-refractivity contribution is -0.136. The third kappa shape index (κ3) is 5.24. The number of benzene rings is 2. The van der Waals surface area contributed by atoms with Crippen LogP contribution in [0.4, 0.5) is 10.5 Å². The smallest absolute Gasteiger partial charge is 0.294 e. The maximum Gasteiger partial charge on any atom is 0.294 e. The maximum absolute atomic E-state index is 13.1. The van der Waals surface area contributed by atoms with Gasteiger partial charge in [-0.15, -0.1) is 0 Å². The van der Waals surface area contributed by atoms with E-state index in [9.17, 15) is 14.4 Å². The Morgan fingerprint density at radius 1 is 0.946 bits per heavy atom. The highest BCUT2D eigenvalue weighted by molar-refractivity contribution is 9.10. The molecule has 2 aliphatic heterocycles. The summed E-state index contributed by atoms with van der Waals surface area (Å²) in [6, 6.07) is 20.1. The van der Waals surface area contributed by atoms with Gasteiger partial charge >= 0.3 is 0 Å². The Kier molecular flexibility index (Phi) is 7.26. The minimum absolute atomic E-state index is 0.205. The van der Waals surface area contributed by atoms with Gasteiger partial charge in [-0.25, -0.2) is 0 Å². The summed E-state index contributed by atoms with van der Waals surface area (Å²) in [6.07, 6.45) is 1.75. The summed E-state index contributed by atoms with van der Waals surface area (Å²) >= 11 is 4.41. The predicted molar refractivity (Wildman–Crippen MR) is 151 cm³/mol. The summed E-state index contributed by atoms with van der Waals surface area (Å²) in [6.45, 7) is 6.30.